The van der Waals surface area contributed by atoms with Crippen LogP contribution < -0.4 is 16.6 Å². The lowest BCUT2D eigenvalue weighted by Crippen LogP contribution is -2.38. The minimum Gasteiger partial charge on any atom is -0.315 e. The van der Waals surface area contributed by atoms with Crippen LogP contribution in [-0.2, 0) is 6.18 Å². The minimum absolute atomic E-state index is 0.0782. The fraction of sp³-hybridized carbons (Fsp3) is 0.385. The van der Waals surface area contributed by atoms with Crippen LogP contribution in [0.4, 0.5) is 13.2 Å². The molecule has 0 saturated carbocycles. The highest BCUT2D eigenvalue weighted by molar-refractivity contribution is 5.78. The number of hydrogen-bond donors (Lipinski definition) is 2. The van der Waals surface area contributed by atoms with Crippen molar-refractivity contribution >= 4 is 10.9 Å². The van der Waals surface area contributed by atoms with Gasteiger partial charge in [0.1, 0.15) is 0 Å². The lowest BCUT2D eigenvalue weighted by atomic mass is 10.1. The molecular weight excluding hydrogens is 287 g/mol. The van der Waals surface area contributed by atoms with Crippen molar-refractivity contribution in [3.8, 4) is 0 Å². The molecule has 1 aliphatic rings. The van der Waals surface area contributed by atoms with E-state index in [0.29, 0.717) is 19.5 Å². The van der Waals surface area contributed by atoms with Gasteiger partial charge >= 0.3 is 11.9 Å². The van der Waals surface area contributed by atoms with Crippen molar-refractivity contribution in [2.24, 2.45) is 0 Å². The fourth-order valence-corrected chi connectivity index (χ4v) is 2.60. The molecule has 5 nitrogen and oxygen atoms in total. The highest BCUT2D eigenvalue weighted by atomic mass is 19.4. The maximum absolute atomic E-state index is 12.7. The first kappa shape index (κ1) is 13.9. The number of alkyl halides is 3. The van der Waals surface area contributed by atoms with Gasteiger partial charge in [-0.1, -0.05) is 0 Å². The second-order valence-corrected chi connectivity index (χ2v) is 5.01. The molecule has 1 fully saturated rings. The van der Waals surface area contributed by atoms with Crippen LogP contribution in [0.25, 0.3) is 10.9 Å². The van der Waals surface area contributed by atoms with Crippen molar-refractivity contribution in [3.05, 3.63) is 44.6 Å². The third kappa shape index (κ3) is 2.35. The third-order valence-corrected chi connectivity index (χ3v) is 3.66. The number of benzene rings is 1. The summed E-state index contributed by atoms with van der Waals surface area (Å²) in [6.07, 6.45) is -3.88. The topological polar surface area (TPSA) is 66.9 Å². The molecule has 2 aromatic rings. The number of hydrogen-bond acceptors (Lipinski definition) is 3. The van der Waals surface area contributed by atoms with E-state index < -0.39 is 23.0 Å². The molecule has 1 aromatic carbocycles. The van der Waals surface area contributed by atoms with Crippen molar-refractivity contribution in [2.45, 2.75) is 18.6 Å². The predicted octanol–water partition coefficient (Wildman–Crippen LogP) is 1.24. The maximum atomic E-state index is 12.7. The van der Waals surface area contributed by atoms with E-state index in [9.17, 15) is 22.8 Å². The predicted molar refractivity (Wildman–Crippen MR) is 70.4 cm³/mol. The third-order valence-electron chi connectivity index (χ3n) is 3.66. The maximum Gasteiger partial charge on any atom is 0.416 e. The van der Waals surface area contributed by atoms with Crippen molar-refractivity contribution in [1.82, 2.24) is 14.9 Å². The summed E-state index contributed by atoms with van der Waals surface area (Å²) >= 11 is 0. The Bertz CT molecular complexity index is 801. The Hall–Kier alpha value is -2.09. The molecule has 1 unspecified atom stereocenters. The molecule has 0 amide bonds. The van der Waals surface area contributed by atoms with Gasteiger partial charge in [0.25, 0.3) is 5.56 Å². The first-order chi connectivity index (χ1) is 9.88. The summed E-state index contributed by atoms with van der Waals surface area (Å²) in [7, 11) is 0. The molecule has 0 radical (unpaired) electrons. The van der Waals surface area contributed by atoms with Crippen LogP contribution >= 0.6 is 0 Å². The second-order valence-electron chi connectivity index (χ2n) is 5.01. The molecule has 1 aromatic heterocycles. The number of aromatic amines is 1. The Morgan fingerprint density at radius 2 is 2.00 bits per heavy atom. The van der Waals surface area contributed by atoms with E-state index >= 15 is 0 Å². The van der Waals surface area contributed by atoms with Gasteiger partial charge in [0.05, 0.1) is 22.5 Å². The SMILES string of the molecule is O=c1[nH]c2cc(C(F)(F)F)ccc2c(=O)n1C1CCNC1. The van der Waals surface area contributed by atoms with E-state index in [0.717, 1.165) is 22.8 Å². The number of fused-ring (bicyclic) bond motifs is 1. The molecular formula is C13H12F3N3O2. The summed E-state index contributed by atoms with van der Waals surface area (Å²) in [5, 5.41) is 3.12. The van der Waals surface area contributed by atoms with Gasteiger partial charge in [0, 0.05) is 6.54 Å². The molecule has 1 atom stereocenters. The minimum atomic E-state index is -4.52. The molecule has 2 N–H and O–H groups in total. The van der Waals surface area contributed by atoms with E-state index in [-0.39, 0.29) is 16.9 Å². The quantitative estimate of drug-likeness (QED) is 0.832. The summed E-state index contributed by atoms with van der Waals surface area (Å²) in [4.78, 5) is 26.7. The van der Waals surface area contributed by atoms with Gasteiger partial charge in [-0.25, -0.2) is 4.79 Å². The van der Waals surface area contributed by atoms with Crippen LogP contribution in [0.3, 0.4) is 0 Å². The molecule has 2 heterocycles. The zero-order valence-electron chi connectivity index (χ0n) is 10.8. The monoisotopic (exact) mass is 299 g/mol. The molecule has 1 aliphatic heterocycles. The highest BCUT2D eigenvalue weighted by Gasteiger charge is 2.31. The summed E-state index contributed by atoms with van der Waals surface area (Å²) in [6.45, 7) is 1.19. The van der Waals surface area contributed by atoms with Crippen LogP contribution in [0.5, 0.6) is 0 Å². The Morgan fingerprint density at radius 3 is 2.62 bits per heavy atom. The Labute approximate surface area is 116 Å². The summed E-state index contributed by atoms with van der Waals surface area (Å²) in [5.74, 6) is 0. The molecule has 0 bridgehead atoms. The normalized spacial score (nSPS) is 19.3. The Morgan fingerprint density at radius 1 is 1.24 bits per heavy atom. The standard InChI is InChI=1S/C13H12F3N3O2/c14-13(15,16)7-1-2-9-10(5-7)18-12(21)19(11(9)20)8-3-4-17-6-8/h1-2,5,8,17H,3-4,6H2,(H,18,21). The van der Waals surface area contributed by atoms with Gasteiger partial charge < -0.3 is 10.3 Å². The molecule has 8 heteroatoms. The molecule has 1 saturated heterocycles. The van der Waals surface area contributed by atoms with Gasteiger partial charge in [-0.2, -0.15) is 13.2 Å². The number of nitrogens with zero attached hydrogens (tertiary/aromatic N) is 1. The van der Waals surface area contributed by atoms with Gasteiger partial charge in [-0.05, 0) is 31.2 Å². The van der Waals surface area contributed by atoms with Crippen LogP contribution in [0.15, 0.2) is 27.8 Å². The van der Waals surface area contributed by atoms with Gasteiger partial charge in [0.2, 0.25) is 0 Å². The van der Waals surface area contributed by atoms with Crippen LogP contribution in [0.2, 0.25) is 0 Å². The van der Waals surface area contributed by atoms with Crippen LogP contribution in [0, 0.1) is 0 Å². The largest absolute Gasteiger partial charge is 0.416 e. The average Bonchev–Trinajstić information content (AvgIpc) is 2.90. The van der Waals surface area contributed by atoms with Crippen molar-refractivity contribution in [1.29, 1.82) is 0 Å². The van der Waals surface area contributed by atoms with Gasteiger partial charge in [-0.3, -0.25) is 9.36 Å². The van der Waals surface area contributed by atoms with Crippen molar-refractivity contribution in [3.63, 3.8) is 0 Å². The first-order valence-corrected chi connectivity index (χ1v) is 6.44. The van der Waals surface area contributed by atoms with Gasteiger partial charge in [0.15, 0.2) is 0 Å². The first-order valence-electron chi connectivity index (χ1n) is 6.44. The summed E-state index contributed by atoms with van der Waals surface area (Å²) < 4.78 is 39.1. The lowest BCUT2D eigenvalue weighted by Gasteiger charge is -2.13. The molecule has 21 heavy (non-hydrogen) atoms. The summed E-state index contributed by atoms with van der Waals surface area (Å²) in [6, 6.07) is 2.47. The van der Waals surface area contributed by atoms with E-state index in [1.54, 1.807) is 0 Å². The van der Waals surface area contributed by atoms with Crippen LogP contribution in [-0.4, -0.2) is 22.6 Å². The van der Waals surface area contributed by atoms with Crippen molar-refractivity contribution in [2.75, 3.05) is 13.1 Å². The Kier molecular flexibility index (Phi) is 3.12. The number of H-pyrrole nitrogens is 1. The fourth-order valence-electron chi connectivity index (χ4n) is 2.60. The van der Waals surface area contributed by atoms with E-state index in [4.69, 9.17) is 0 Å². The van der Waals surface area contributed by atoms with Crippen molar-refractivity contribution < 1.29 is 13.2 Å². The van der Waals surface area contributed by atoms with E-state index in [1.165, 1.54) is 0 Å². The van der Waals surface area contributed by atoms with Gasteiger partial charge in [-0.15, -0.1) is 0 Å². The lowest BCUT2D eigenvalue weighted by molar-refractivity contribution is -0.137. The van der Waals surface area contributed by atoms with Crippen LogP contribution in [0.1, 0.15) is 18.0 Å². The second kappa shape index (κ2) is 4.73. The number of nitrogens with one attached hydrogen (secondary N) is 2. The van der Waals surface area contributed by atoms with E-state index in [2.05, 4.69) is 10.3 Å². The zero-order valence-corrected chi connectivity index (χ0v) is 10.8. The zero-order chi connectivity index (χ0) is 15.2. The Balaban J connectivity index is 2.22. The molecule has 3 rings (SSSR count). The number of halogens is 3. The molecule has 0 spiro atoms. The molecule has 112 valence electrons. The summed E-state index contributed by atoms with van der Waals surface area (Å²) in [5.41, 5.74) is -2.23. The highest BCUT2D eigenvalue weighted by Crippen LogP contribution is 2.30. The number of rotatable bonds is 1. The van der Waals surface area contributed by atoms with E-state index in [1.807, 2.05) is 0 Å². The number of aromatic nitrogens is 2. The smallest absolute Gasteiger partial charge is 0.315 e. The average molecular weight is 299 g/mol. The molecule has 0 aliphatic carbocycles.